The Hall–Kier alpha value is -3.66. The minimum absolute atomic E-state index is 0.174. The van der Waals surface area contributed by atoms with Crippen LogP contribution in [0.2, 0.25) is 0 Å². The molecule has 1 amide bonds. The van der Waals surface area contributed by atoms with Crippen molar-refractivity contribution in [3.63, 3.8) is 0 Å². The summed E-state index contributed by atoms with van der Waals surface area (Å²) >= 11 is 0. The van der Waals surface area contributed by atoms with Crippen LogP contribution in [0.4, 0.5) is 5.69 Å². The van der Waals surface area contributed by atoms with E-state index in [1.807, 2.05) is 61.5 Å². The third-order valence-corrected chi connectivity index (χ3v) is 4.12. The van der Waals surface area contributed by atoms with E-state index in [0.29, 0.717) is 5.69 Å². The average Bonchev–Trinajstić information content (AvgIpc) is 2.68. The van der Waals surface area contributed by atoms with Crippen LogP contribution in [0.5, 0.6) is 0 Å². The SMILES string of the molecule is Cc1ccc(C(=CC(=O)Nc2ccc(C(=O)O)cc2)c2ccccc2)cc1. The number of nitrogens with one attached hydrogen (secondary N) is 1. The molecule has 0 radical (unpaired) electrons. The van der Waals surface area contributed by atoms with Gasteiger partial charge >= 0.3 is 5.97 Å². The molecule has 0 aliphatic rings. The molecule has 0 fully saturated rings. The van der Waals surface area contributed by atoms with Crippen LogP contribution in [0.25, 0.3) is 5.57 Å². The van der Waals surface area contributed by atoms with Crippen molar-refractivity contribution in [2.45, 2.75) is 6.92 Å². The van der Waals surface area contributed by atoms with Crippen LogP contribution in [0, 0.1) is 6.92 Å². The van der Waals surface area contributed by atoms with Crippen molar-refractivity contribution in [2.24, 2.45) is 0 Å². The molecule has 0 spiro atoms. The summed E-state index contributed by atoms with van der Waals surface area (Å²) in [6.45, 7) is 2.02. The minimum Gasteiger partial charge on any atom is -0.478 e. The zero-order valence-electron chi connectivity index (χ0n) is 14.8. The quantitative estimate of drug-likeness (QED) is 0.647. The summed E-state index contributed by atoms with van der Waals surface area (Å²) in [6, 6.07) is 23.8. The van der Waals surface area contributed by atoms with E-state index >= 15 is 0 Å². The van der Waals surface area contributed by atoms with Crippen molar-refractivity contribution >= 4 is 23.1 Å². The fraction of sp³-hybridized carbons (Fsp3) is 0.0435. The van der Waals surface area contributed by atoms with Crippen LogP contribution in [0.15, 0.2) is 84.9 Å². The third kappa shape index (κ3) is 4.70. The highest BCUT2D eigenvalue weighted by Gasteiger charge is 2.09. The lowest BCUT2D eigenvalue weighted by atomic mass is 9.96. The fourth-order valence-electron chi connectivity index (χ4n) is 2.69. The molecule has 0 unspecified atom stereocenters. The average molecular weight is 357 g/mol. The Bertz CT molecular complexity index is 972. The second-order valence-electron chi connectivity index (χ2n) is 6.16. The molecule has 27 heavy (non-hydrogen) atoms. The summed E-state index contributed by atoms with van der Waals surface area (Å²) in [6.07, 6.45) is 1.56. The van der Waals surface area contributed by atoms with Crippen LogP contribution in [-0.4, -0.2) is 17.0 Å². The van der Waals surface area contributed by atoms with E-state index < -0.39 is 5.97 Å². The number of carbonyl (C=O) groups is 2. The Morgan fingerprint density at radius 1 is 0.778 bits per heavy atom. The molecule has 3 rings (SSSR count). The van der Waals surface area contributed by atoms with Crippen LogP contribution in [-0.2, 0) is 4.79 Å². The minimum atomic E-state index is -1.00. The number of anilines is 1. The number of carboxylic acid groups (broad SMARTS) is 1. The van der Waals surface area contributed by atoms with Crippen LogP contribution >= 0.6 is 0 Å². The van der Waals surface area contributed by atoms with Crippen molar-refractivity contribution in [3.05, 3.63) is 107 Å². The predicted molar refractivity (Wildman–Crippen MR) is 107 cm³/mol. The van der Waals surface area contributed by atoms with Gasteiger partial charge in [-0.05, 0) is 47.9 Å². The van der Waals surface area contributed by atoms with Crippen LogP contribution in [0.1, 0.15) is 27.0 Å². The molecule has 0 saturated heterocycles. The lowest BCUT2D eigenvalue weighted by molar-refractivity contribution is -0.111. The molecule has 3 aromatic rings. The molecule has 0 aliphatic carbocycles. The van der Waals surface area contributed by atoms with E-state index in [0.717, 1.165) is 22.3 Å². The van der Waals surface area contributed by atoms with Gasteiger partial charge in [-0.1, -0.05) is 60.2 Å². The lowest BCUT2D eigenvalue weighted by Gasteiger charge is -2.10. The van der Waals surface area contributed by atoms with Crippen molar-refractivity contribution in [2.75, 3.05) is 5.32 Å². The number of hydrogen-bond acceptors (Lipinski definition) is 2. The lowest BCUT2D eigenvalue weighted by Crippen LogP contribution is -2.09. The maximum Gasteiger partial charge on any atom is 0.335 e. The number of amides is 1. The maximum absolute atomic E-state index is 12.6. The van der Waals surface area contributed by atoms with Crippen molar-refractivity contribution in [3.8, 4) is 0 Å². The standard InChI is InChI=1S/C23H19NO3/c1-16-7-9-18(10-8-16)21(17-5-3-2-4-6-17)15-22(25)24-20-13-11-19(12-14-20)23(26)27/h2-15H,1H3,(H,24,25)(H,26,27). The molecule has 0 heterocycles. The topological polar surface area (TPSA) is 66.4 Å². The zero-order chi connectivity index (χ0) is 19.2. The smallest absolute Gasteiger partial charge is 0.335 e. The molecule has 2 N–H and O–H groups in total. The molecule has 134 valence electrons. The van der Waals surface area contributed by atoms with E-state index in [1.54, 1.807) is 18.2 Å². The normalized spacial score (nSPS) is 11.1. The van der Waals surface area contributed by atoms with Crippen molar-refractivity contribution in [1.29, 1.82) is 0 Å². The van der Waals surface area contributed by atoms with Gasteiger partial charge in [-0.3, -0.25) is 4.79 Å². The largest absolute Gasteiger partial charge is 0.478 e. The Balaban J connectivity index is 1.89. The van der Waals surface area contributed by atoms with E-state index in [9.17, 15) is 9.59 Å². The molecule has 0 aliphatic heterocycles. The first-order valence-electron chi connectivity index (χ1n) is 8.51. The van der Waals surface area contributed by atoms with E-state index in [-0.39, 0.29) is 11.5 Å². The van der Waals surface area contributed by atoms with Gasteiger partial charge in [0.15, 0.2) is 0 Å². The van der Waals surface area contributed by atoms with E-state index in [4.69, 9.17) is 5.11 Å². The molecule has 3 aromatic carbocycles. The Labute approximate surface area is 157 Å². The van der Waals surface area contributed by atoms with Crippen molar-refractivity contribution in [1.82, 2.24) is 0 Å². The summed E-state index contributed by atoms with van der Waals surface area (Å²) < 4.78 is 0. The summed E-state index contributed by atoms with van der Waals surface area (Å²) in [4.78, 5) is 23.5. The first-order chi connectivity index (χ1) is 13.0. The number of carbonyl (C=O) groups excluding carboxylic acids is 1. The van der Waals surface area contributed by atoms with Gasteiger partial charge < -0.3 is 10.4 Å². The van der Waals surface area contributed by atoms with Gasteiger partial charge in [-0.15, -0.1) is 0 Å². The second kappa shape index (κ2) is 8.15. The highest BCUT2D eigenvalue weighted by atomic mass is 16.4. The molecular formula is C23H19NO3. The summed E-state index contributed by atoms with van der Waals surface area (Å²) in [7, 11) is 0. The van der Waals surface area contributed by atoms with Gasteiger partial charge in [-0.25, -0.2) is 4.79 Å². The number of aryl methyl sites for hydroxylation is 1. The first-order valence-corrected chi connectivity index (χ1v) is 8.51. The first kappa shape index (κ1) is 18.1. The third-order valence-electron chi connectivity index (χ3n) is 4.12. The molecule has 0 bridgehead atoms. The Kier molecular flexibility index (Phi) is 5.47. The van der Waals surface area contributed by atoms with Gasteiger partial charge in [-0.2, -0.15) is 0 Å². The Morgan fingerprint density at radius 2 is 1.33 bits per heavy atom. The van der Waals surface area contributed by atoms with E-state index in [1.165, 1.54) is 12.1 Å². The summed E-state index contributed by atoms with van der Waals surface area (Å²) in [5.74, 6) is -1.28. The monoisotopic (exact) mass is 357 g/mol. The number of benzene rings is 3. The van der Waals surface area contributed by atoms with Gasteiger partial charge in [0.25, 0.3) is 0 Å². The van der Waals surface area contributed by atoms with Gasteiger partial charge in [0.2, 0.25) is 5.91 Å². The number of rotatable bonds is 5. The van der Waals surface area contributed by atoms with Gasteiger partial charge in [0.05, 0.1) is 5.56 Å². The second-order valence-corrected chi connectivity index (χ2v) is 6.16. The van der Waals surface area contributed by atoms with Gasteiger partial charge in [0, 0.05) is 11.8 Å². The molecule has 0 saturated carbocycles. The number of aromatic carboxylic acids is 1. The highest BCUT2D eigenvalue weighted by molar-refractivity contribution is 6.06. The molecular weight excluding hydrogens is 338 g/mol. The molecule has 0 aromatic heterocycles. The van der Waals surface area contributed by atoms with Crippen molar-refractivity contribution < 1.29 is 14.7 Å². The maximum atomic E-state index is 12.6. The summed E-state index contributed by atoms with van der Waals surface area (Å²) in [5.41, 5.74) is 4.57. The highest BCUT2D eigenvalue weighted by Crippen LogP contribution is 2.24. The number of hydrogen-bond donors (Lipinski definition) is 2. The van der Waals surface area contributed by atoms with Crippen LogP contribution < -0.4 is 5.32 Å². The molecule has 0 atom stereocenters. The van der Waals surface area contributed by atoms with Gasteiger partial charge in [0.1, 0.15) is 0 Å². The predicted octanol–water partition coefficient (Wildman–Crippen LogP) is 4.76. The van der Waals surface area contributed by atoms with E-state index in [2.05, 4.69) is 5.32 Å². The molecule has 4 heteroatoms. The van der Waals surface area contributed by atoms with Crippen LogP contribution in [0.3, 0.4) is 0 Å². The Morgan fingerprint density at radius 3 is 1.93 bits per heavy atom. The molecule has 4 nitrogen and oxygen atoms in total. The summed E-state index contributed by atoms with van der Waals surface area (Å²) in [5, 5.41) is 11.7. The fourth-order valence-corrected chi connectivity index (χ4v) is 2.69. The number of carboxylic acids is 1. The zero-order valence-corrected chi connectivity index (χ0v) is 14.8.